The first-order valence-electron chi connectivity index (χ1n) is 6.79. The van der Waals surface area contributed by atoms with E-state index in [-0.39, 0.29) is 0 Å². The van der Waals surface area contributed by atoms with Gasteiger partial charge in [0.1, 0.15) is 5.75 Å². The lowest BCUT2D eigenvalue weighted by molar-refractivity contribution is 0.390. The van der Waals surface area contributed by atoms with Crippen molar-refractivity contribution in [2.75, 3.05) is 14.2 Å². The van der Waals surface area contributed by atoms with Gasteiger partial charge in [-0.15, -0.1) is 0 Å². The molecule has 0 bridgehead atoms. The van der Waals surface area contributed by atoms with Crippen LogP contribution in [0.15, 0.2) is 66.7 Å². The van der Waals surface area contributed by atoms with E-state index in [9.17, 15) is 0 Å². The Bertz CT molecular complexity index is 715. The van der Waals surface area contributed by atoms with Crippen LogP contribution in [0.5, 0.6) is 11.6 Å². The number of hydrogen-bond donors (Lipinski definition) is 0. The molecule has 0 aliphatic rings. The lowest BCUT2D eigenvalue weighted by Gasteiger charge is -2.13. The third-order valence-electron chi connectivity index (χ3n) is 3.45. The Morgan fingerprint density at radius 2 is 1.43 bits per heavy atom. The number of hydrogen-bond acceptors (Lipinski definition) is 2. The predicted octanol–water partition coefficient (Wildman–Crippen LogP) is 4.16. The van der Waals surface area contributed by atoms with Gasteiger partial charge in [0.05, 0.1) is 19.9 Å². The highest BCUT2D eigenvalue weighted by Gasteiger charge is 2.12. The molecule has 0 saturated carbocycles. The molecule has 0 spiro atoms. The van der Waals surface area contributed by atoms with Crippen LogP contribution in [0.3, 0.4) is 0 Å². The first-order chi connectivity index (χ1) is 10.3. The highest BCUT2D eigenvalue weighted by molar-refractivity contribution is 5.65. The summed E-state index contributed by atoms with van der Waals surface area (Å²) in [4.78, 5) is 0. The summed E-state index contributed by atoms with van der Waals surface area (Å²) in [5.74, 6) is 1.64. The molecule has 1 heterocycles. The zero-order valence-corrected chi connectivity index (χ0v) is 12.1. The van der Waals surface area contributed by atoms with Gasteiger partial charge in [-0.25, -0.2) is 0 Å². The summed E-state index contributed by atoms with van der Waals surface area (Å²) in [5.41, 5.74) is 3.28. The van der Waals surface area contributed by atoms with Crippen molar-refractivity contribution in [3.63, 3.8) is 0 Å². The van der Waals surface area contributed by atoms with Crippen LogP contribution in [0.1, 0.15) is 0 Å². The summed E-state index contributed by atoms with van der Waals surface area (Å²) in [5, 5.41) is 0. The SMILES string of the molecule is COc1ccc(-n2c(OC)ccc2-c2ccccc2)cc1. The maximum absolute atomic E-state index is 5.49. The van der Waals surface area contributed by atoms with Gasteiger partial charge < -0.3 is 9.47 Å². The van der Waals surface area contributed by atoms with Gasteiger partial charge in [-0.05, 0) is 35.9 Å². The van der Waals surface area contributed by atoms with E-state index in [4.69, 9.17) is 9.47 Å². The van der Waals surface area contributed by atoms with E-state index in [2.05, 4.69) is 22.8 Å². The van der Waals surface area contributed by atoms with Crippen molar-refractivity contribution in [3.05, 3.63) is 66.7 Å². The quantitative estimate of drug-likeness (QED) is 0.716. The molecule has 2 aromatic carbocycles. The molecule has 3 heteroatoms. The zero-order valence-electron chi connectivity index (χ0n) is 12.1. The summed E-state index contributed by atoms with van der Waals surface area (Å²) in [6.45, 7) is 0. The van der Waals surface area contributed by atoms with Crippen LogP contribution in [0.2, 0.25) is 0 Å². The molecule has 1 aromatic heterocycles. The monoisotopic (exact) mass is 279 g/mol. The average molecular weight is 279 g/mol. The van der Waals surface area contributed by atoms with Crippen molar-refractivity contribution in [2.45, 2.75) is 0 Å². The predicted molar refractivity (Wildman–Crippen MR) is 84.3 cm³/mol. The first-order valence-corrected chi connectivity index (χ1v) is 6.79. The molecular weight excluding hydrogens is 262 g/mol. The van der Waals surface area contributed by atoms with Crippen LogP contribution in [0.4, 0.5) is 0 Å². The maximum Gasteiger partial charge on any atom is 0.198 e. The molecule has 3 aromatic rings. The molecular formula is C18H17NO2. The molecule has 0 radical (unpaired) electrons. The Kier molecular flexibility index (Phi) is 3.65. The Hall–Kier alpha value is -2.68. The van der Waals surface area contributed by atoms with Gasteiger partial charge in [0.2, 0.25) is 0 Å². The molecule has 0 aliphatic heterocycles. The van der Waals surface area contributed by atoms with Crippen LogP contribution in [0.25, 0.3) is 16.9 Å². The number of aromatic nitrogens is 1. The molecule has 0 atom stereocenters. The second-order valence-electron chi connectivity index (χ2n) is 4.66. The second kappa shape index (κ2) is 5.75. The average Bonchev–Trinajstić information content (AvgIpc) is 2.99. The van der Waals surface area contributed by atoms with Crippen LogP contribution < -0.4 is 9.47 Å². The second-order valence-corrected chi connectivity index (χ2v) is 4.66. The van der Waals surface area contributed by atoms with E-state index in [0.29, 0.717) is 0 Å². The van der Waals surface area contributed by atoms with Gasteiger partial charge in [-0.2, -0.15) is 0 Å². The van der Waals surface area contributed by atoms with Crippen LogP contribution in [0, 0.1) is 0 Å². The van der Waals surface area contributed by atoms with Gasteiger partial charge in [-0.3, -0.25) is 4.57 Å². The fraction of sp³-hybridized carbons (Fsp3) is 0.111. The molecule has 106 valence electrons. The number of ether oxygens (including phenoxy) is 2. The molecule has 21 heavy (non-hydrogen) atoms. The van der Waals surface area contributed by atoms with Crippen molar-refractivity contribution in [2.24, 2.45) is 0 Å². The Morgan fingerprint density at radius 3 is 2.05 bits per heavy atom. The lowest BCUT2D eigenvalue weighted by Crippen LogP contribution is -2.00. The summed E-state index contributed by atoms with van der Waals surface area (Å²) >= 11 is 0. The molecule has 0 fully saturated rings. The van der Waals surface area contributed by atoms with Gasteiger partial charge >= 0.3 is 0 Å². The summed E-state index contributed by atoms with van der Waals surface area (Å²) in [6.07, 6.45) is 0. The van der Waals surface area contributed by atoms with Gasteiger partial charge in [0, 0.05) is 11.8 Å². The summed E-state index contributed by atoms with van der Waals surface area (Å²) in [6, 6.07) is 22.3. The Balaban J connectivity index is 2.13. The normalized spacial score (nSPS) is 10.4. The number of nitrogens with zero attached hydrogens (tertiary/aromatic N) is 1. The van der Waals surface area contributed by atoms with Gasteiger partial charge in [0.25, 0.3) is 0 Å². The van der Waals surface area contributed by atoms with Gasteiger partial charge in [0.15, 0.2) is 5.88 Å². The summed E-state index contributed by atoms with van der Waals surface area (Å²) in [7, 11) is 3.35. The number of benzene rings is 2. The Labute approximate surface area is 124 Å². The van der Waals surface area contributed by atoms with Crippen LogP contribution in [-0.4, -0.2) is 18.8 Å². The van der Waals surface area contributed by atoms with Gasteiger partial charge in [-0.1, -0.05) is 30.3 Å². The maximum atomic E-state index is 5.49. The molecule has 0 amide bonds. The van der Waals surface area contributed by atoms with E-state index in [1.54, 1.807) is 14.2 Å². The highest BCUT2D eigenvalue weighted by Crippen LogP contribution is 2.31. The third-order valence-corrected chi connectivity index (χ3v) is 3.45. The van der Waals surface area contributed by atoms with E-state index in [0.717, 1.165) is 28.6 Å². The fourth-order valence-electron chi connectivity index (χ4n) is 2.41. The van der Waals surface area contributed by atoms with Crippen molar-refractivity contribution in [3.8, 4) is 28.6 Å². The summed E-state index contributed by atoms with van der Waals surface area (Å²) < 4.78 is 12.8. The lowest BCUT2D eigenvalue weighted by atomic mass is 10.1. The molecule has 0 aliphatic carbocycles. The van der Waals surface area contributed by atoms with E-state index in [1.165, 1.54) is 0 Å². The number of methoxy groups -OCH3 is 2. The fourth-order valence-corrected chi connectivity index (χ4v) is 2.41. The standard InChI is InChI=1S/C18H17NO2/c1-20-16-10-8-15(9-11-16)19-17(12-13-18(19)21-2)14-6-4-3-5-7-14/h3-13H,1-2H3. The topological polar surface area (TPSA) is 23.4 Å². The number of rotatable bonds is 4. The van der Waals surface area contributed by atoms with Crippen molar-refractivity contribution >= 4 is 0 Å². The minimum absolute atomic E-state index is 0.805. The minimum Gasteiger partial charge on any atom is -0.497 e. The molecule has 3 nitrogen and oxygen atoms in total. The molecule has 3 rings (SSSR count). The van der Waals surface area contributed by atoms with E-state index < -0.39 is 0 Å². The first kappa shape index (κ1) is 13.3. The van der Waals surface area contributed by atoms with Crippen molar-refractivity contribution < 1.29 is 9.47 Å². The third kappa shape index (κ3) is 2.50. The van der Waals surface area contributed by atoms with E-state index in [1.807, 2.05) is 48.5 Å². The van der Waals surface area contributed by atoms with Crippen molar-refractivity contribution in [1.82, 2.24) is 4.57 Å². The largest absolute Gasteiger partial charge is 0.497 e. The minimum atomic E-state index is 0.805. The van der Waals surface area contributed by atoms with Crippen LogP contribution in [-0.2, 0) is 0 Å². The molecule has 0 saturated heterocycles. The molecule has 0 N–H and O–H groups in total. The van der Waals surface area contributed by atoms with Crippen LogP contribution >= 0.6 is 0 Å². The van der Waals surface area contributed by atoms with Crippen molar-refractivity contribution in [1.29, 1.82) is 0 Å². The Morgan fingerprint density at radius 1 is 0.714 bits per heavy atom. The highest BCUT2D eigenvalue weighted by atomic mass is 16.5. The van der Waals surface area contributed by atoms with E-state index >= 15 is 0 Å². The smallest absolute Gasteiger partial charge is 0.198 e. The zero-order chi connectivity index (χ0) is 14.7. The molecule has 0 unspecified atom stereocenters.